The molecule has 1 fully saturated rings. The van der Waals surface area contributed by atoms with Gasteiger partial charge in [-0.3, -0.25) is 0 Å². The SMILES string of the molecule is O=C(O)c1csc(N2CCOC(CO)C2)n1. The number of aliphatic hydroxyl groups is 1. The molecule has 0 aliphatic carbocycles. The Hall–Kier alpha value is -1.18. The summed E-state index contributed by atoms with van der Waals surface area (Å²) in [5.74, 6) is -1.02. The molecule has 1 unspecified atom stereocenters. The number of carboxylic acid groups (broad SMARTS) is 1. The first kappa shape index (κ1) is 11.3. The summed E-state index contributed by atoms with van der Waals surface area (Å²) in [6.45, 7) is 1.70. The molecule has 1 atom stereocenters. The molecule has 0 radical (unpaired) electrons. The lowest BCUT2D eigenvalue weighted by molar-refractivity contribution is 0.00355. The van der Waals surface area contributed by atoms with Crippen molar-refractivity contribution in [3.8, 4) is 0 Å². The van der Waals surface area contributed by atoms with Crippen LogP contribution in [0.25, 0.3) is 0 Å². The van der Waals surface area contributed by atoms with E-state index in [1.165, 1.54) is 16.7 Å². The summed E-state index contributed by atoms with van der Waals surface area (Å²) in [5, 5.41) is 19.9. The average Bonchev–Trinajstić information content (AvgIpc) is 2.78. The fourth-order valence-electron chi connectivity index (χ4n) is 1.51. The van der Waals surface area contributed by atoms with Gasteiger partial charge in [-0.1, -0.05) is 0 Å². The molecule has 6 nitrogen and oxygen atoms in total. The molecule has 1 aliphatic rings. The van der Waals surface area contributed by atoms with E-state index in [-0.39, 0.29) is 18.4 Å². The second kappa shape index (κ2) is 4.77. The number of aromatic carboxylic acids is 1. The maximum atomic E-state index is 10.7. The van der Waals surface area contributed by atoms with Crippen LogP contribution in [0.4, 0.5) is 5.13 Å². The summed E-state index contributed by atoms with van der Waals surface area (Å²) in [5.41, 5.74) is 0.0621. The highest BCUT2D eigenvalue weighted by molar-refractivity contribution is 7.13. The monoisotopic (exact) mass is 244 g/mol. The van der Waals surface area contributed by atoms with Crippen molar-refractivity contribution in [2.75, 3.05) is 31.2 Å². The molecule has 0 saturated carbocycles. The van der Waals surface area contributed by atoms with Crippen LogP contribution in [0, 0.1) is 0 Å². The van der Waals surface area contributed by atoms with E-state index in [4.69, 9.17) is 14.9 Å². The quantitative estimate of drug-likeness (QED) is 0.781. The minimum absolute atomic E-state index is 0.0341. The fourth-order valence-corrected chi connectivity index (χ4v) is 2.35. The zero-order chi connectivity index (χ0) is 11.5. The van der Waals surface area contributed by atoms with E-state index < -0.39 is 5.97 Å². The van der Waals surface area contributed by atoms with Crippen LogP contribution < -0.4 is 4.90 Å². The van der Waals surface area contributed by atoms with Crippen molar-refractivity contribution in [1.82, 2.24) is 4.98 Å². The van der Waals surface area contributed by atoms with E-state index >= 15 is 0 Å². The van der Waals surface area contributed by atoms with Gasteiger partial charge in [-0.05, 0) is 0 Å². The van der Waals surface area contributed by atoms with Gasteiger partial charge in [-0.25, -0.2) is 9.78 Å². The normalized spacial score (nSPS) is 21.1. The number of carbonyl (C=O) groups is 1. The molecular weight excluding hydrogens is 232 g/mol. The van der Waals surface area contributed by atoms with Gasteiger partial charge in [0.05, 0.1) is 19.3 Å². The summed E-state index contributed by atoms with van der Waals surface area (Å²) in [6.07, 6.45) is -0.217. The molecular formula is C9H12N2O4S. The van der Waals surface area contributed by atoms with Gasteiger partial charge in [-0.2, -0.15) is 0 Å². The zero-order valence-electron chi connectivity index (χ0n) is 8.50. The Morgan fingerprint density at radius 1 is 1.75 bits per heavy atom. The molecule has 7 heteroatoms. The highest BCUT2D eigenvalue weighted by Gasteiger charge is 2.22. The third-order valence-electron chi connectivity index (χ3n) is 2.32. The van der Waals surface area contributed by atoms with Gasteiger partial charge in [0.2, 0.25) is 0 Å². The number of anilines is 1. The molecule has 1 saturated heterocycles. The predicted molar refractivity (Wildman–Crippen MR) is 58.1 cm³/mol. The standard InChI is InChI=1S/C9H12N2O4S/c12-4-6-3-11(1-2-15-6)9-10-7(5-16-9)8(13)14/h5-6,12H,1-4H2,(H,13,14). The molecule has 16 heavy (non-hydrogen) atoms. The number of carboxylic acids is 1. The Kier molecular flexibility index (Phi) is 3.37. The second-order valence-electron chi connectivity index (χ2n) is 3.44. The van der Waals surface area contributed by atoms with E-state index in [1.807, 2.05) is 4.90 Å². The van der Waals surface area contributed by atoms with Crippen molar-refractivity contribution < 1.29 is 19.7 Å². The molecule has 2 rings (SSSR count). The van der Waals surface area contributed by atoms with Crippen molar-refractivity contribution in [2.24, 2.45) is 0 Å². The number of aromatic nitrogens is 1. The molecule has 2 heterocycles. The largest absolute Gasteiger partial charge is 0.476 e. The van der Waals surface area contributed by atoms with Crippen LogP contribution >= 0.6 is 11.3 Å². The van der Waals surface area contributed by atoms with Crippen LogP contribution in [0.2, 0.25) is 0 Å². The van der Waals surface area contributed by atoms with E-state index in [9.17, 15) is 4.79 Å². The van der Waals surface area contributed by atoms with Crippen LogP contribution in [-0.2, 0) is 4.74 Å². The summed E-state index contributed by atoms with van der Waals surface area (Å²) in [7, 11) is 0. The van der Waals surface area contributed by atoms with E-state index in [1.54, 1.807) is 0 Å². The summed E-state index contributed by atoms with van der Waals surface area (Å²) in [4.78, 5) is 16.6. The van der Waals surface area contributed by atoms with Crippen LogP contribution in [-0.4, -0.2) is 53.6 Å². The van der Waals surface area contributed by atoms with E-state index in [0.717, 1.165) is 0 Å². The highest BCUT2D eigenvalue weighted by atomic mass is 32.1. The van der Waals surface area contributed by atoms with Crippen LogP contribution in [0.5, 0.6) is 0 Å². The number of morpholine rings is 1. The maximum Gasteiger partial charge on any atom is 0.355 e. The highest BCUT2D eigenvalue weighted by Crippen LogP contribution is 2.22. The average molecular weight is 244 g/mol. The molecule has 2 N–H and O–H groups in total. The van der Waals surface area contributed by atoms with Crippen molar-refractivity contribution in [3.63, 3.8) is 0 Å². The Morgan fingerprint density at radius 2 is 2.56 bits per heavy atom. The molecule has 0 aromatic carbocycles. The lowest BCUT2D eigenvalue weighted by Gasteiger charge is -2.31. The first-order valence-electron chi connectivity index (χ1n) is 4.87. The van der Waals surface area contributed by atoms with Gasteiger partial charge >= 0.3 is 5.97 Å². The third-order valence-corrected chi connectivity index (χ3v) is 3.23. The first-order chi connectivity index (χ1) is 7.70. The van der Waals surface area contributed by atoms with Crippen molar-refractivity contribution in [1.29, 1.82) is 0 Å². The number of hydrogen-bond donors (Lipinski definition) is 2. The van der Waals surface area contributed by atoms with Crippen LogP contribution in [0.15, 0.2) is 5.38 Å². The lowest BCUT2D eigenvalue weighted by atomic mass is 10.3. The molecule has 88 valence electrons. The Balaban J connectivity index is 2.08. The van der Waals surface area contributed by atoms with Crippen molar-refractivity contribution in [3.05, 3.63) is 11.1 Å². The molecule has 0 amide bonds. The Morgan fingerprint density at radius 3 is 3.19 bits per heavy atom. The third kappa shape index (κ3) is 2.31. The van der Waals surface area contributed by atoms with Gasteiger partial charge in [0.1, 0.15) is 0 Å². The molecule has 0 bridgehead atoms. The van der Waals surface area contributed by atoms with Gasteiger partial charge in [0, 0.05) is 18.5 Å². The van der Waals surface area contributed by atoms with E-state index in [0.29, 0.717) is 24.8 Å². The lowest BCUT2D eigenvalue weighted by Crippen LogP contribution is -2.44. The van der Waals surface area contributed by atoms with Gasteiger partial charge < -0.3 is 19.8 Å². The number of aliphatic hydroxyl groups excluding tert-OH is 1. The molecule has 0 spiro atoms. The molecule has 1 aromatic heterocycles. The number of nitrogens with zero attached hydrogens (tertiary/aromatic N) is 2. The summed E-state index contributed by atoms with van der Waals surface area (Å²) in [6, 6.07) is 0. The van der Waals surface area contributed by atoms with Gasteiger partial charge in [0.25, 0.3) is 0 Å². The van der Waals surface area contributed by atoms with Gasteiger partial charge in [0.15, 0.2) is 10.8 Å². The fraction of sp³-hybridized carbons (Fsp3) is 0.556. The maximum absolute atomic E-state index is 10.7. The van der Waals surface area contributed by atoms with E-state index in [2.05, 4.69) is 4.98 Å². The second-order valence-corrected chi connectivity index (χ2v) is 4.28. The molecule has 1 aliphatic heterocycles. The number of rotatable bonds is 3. The molecule has 1 aromatic rings. The van der Waals surface area contributed by atoms with Crippen LogP contribution in [0.1, 0.15) is 10.5 Å². The van der Waals surface area contributed by atoms with Crippen molar-refractivity contribution in [2.45, 2.75) is 6.10 Å². The van der Waals surface area contributed by atoms with Crippen molar-refractivity contribution >= 4 is 22.4 Å². The minimum atomic E-state index is -1.02. The Labute approximate surface area is 96.1 Å². The smallest absolute Gasteiger partial charge is 0.355 e. The summed E-state index contributed by atoms with van der Waals surface area (Å²) < 4.78 is 5.30. The first-order valence-corrected chi connectivity index (χ1v) is 5.75. The summed E-state index contributed by atoms with van der Waals surface area (Å²) >= 11 is 1.29. The number of thiazole rings is 1. The van der Waals surface area contributed by atoms with Crippen LogP contribution in [0.3, 0.4) is 0 Å². The minimum Gasteiger partial charge on any atom is -0.476 e. The Bertz CT molecular complexity index is 381. The number of hydrogen-bond acceptors (Lipinski definition) is 6. The zero-order valence-corrected chi connectivity index (χ0v) is 9.31. The topological polar surface area (TPSA) is 82.9 Å². The predicted octanol–water partition coefficient (Wildman–Crippen LogP) is 0.0388. The number of ether oxygens (including phenoxy) is 1. The van der Waals surface area contributed by atoms with Gasteiger partial charge in [-0.15, -0.1) is 11.3 Å².